The average Bonchev–Trinajstić information content (AvgIpc) is 2.45. The number of carboxylic acid groups (broad SMARTS) is 1. The van der Waals surface area contributed by atoms with Crippen molar-refractivity contribution in [1.82, 2.24) is 0 Å². The zero-order chi connectivity index (χ0) is 13.5. The van der Waals surface area contributed by atoms with Gasteiger partial charge in [0.2, 0.25) is 0 Å². The Hall–Kier alpha value is -2.42. The van der Waals surface area contributed by atoms with Crippen molar-refractivity contribution < 1.29 is 9.90 Å². The highest BCUT2D eigenvalue weighted by Crippen LogP contribution is 2.05. The molecular weight excluding hydrogens is 238 g/mol. The van der Waals surface area contributed by atoms with E-state index >= 15 is 0 Å². The summed E-state index contributed by atoms with van der Waals surface area (Å²) in [5.41, 5.74) is 2.50. The molecule has 2 aromatic carbocycles. The van der Waals surface area contributed by atoms with Crippen LogP contribution in [-0.2, 0) is 6.42 Å². The molecule has 0 unspecified atom stereocenters. The first-order chi connectivity index (χ1) is 9.25. The standard InChI is InChI=1S/C16H15NO2/c18-16(19)15-8-6-13(7-9-15)10-11-17-12-14-4-2-1-3-5-14/h1-9,12H,10-11H2,(H,18,19). The van der Waals surface area contributed by atoms with Crippen LogP contribution in [0.25, 0.3) is 0 Å². The second-order valence-electron chi connectivity index (χ2n) is 4.20. The third-order valence-electron chi connectivity index (χ3n) is 2.77. The summed E-state index contributed by atoms with van der Waals surface area (Å²) < 4.78 is 0. The number of carboxylic acids is 1. The quantitative estimate of drug-likeness (QED) is 0.832. The number of aliphatic imine (C=N–C) groups is 1. The van der Waals surface area contributed by atoms with Crippen LogP contribution >= 0.6 is 0 Å². The van der Waals surface area contributed by atoms with Gasteiger partial charge in [-0.25, -0.2) is 4.79 Å². The Bertz CT molecular complexity index is 559. The Labute approximate surface area is 112 Å². The number of benzene rings is 2. The van der Waals surface area contributed by atoms with Crippen LogP contribution in [0.15, 0.2) is 59.6 Å². The predicted molar refractivity (Wildman–Crippen MR) is 76.0 cm³/mol. The van der Waals surface area contributed by atoms with Gasteiger partial charge in [0.05, 0.1) is 5.56 Å². The van der Waals surface area contributed by atoms with Gasteiger partial charge in [0.1, 0.15) is 0 Å². The second kappa shape index (κ2) is 6.50. The lowest BCUT2D eigenvalue weighted by molar-refractivity contribution is 0.0697. The Morgan fingerprint density at radius 1 is 1.05 bits per heavy atom. The minimum atomic E-state index is -0.895. The maximum Gasteiger partial charge on any atom is 0.335 e. The number of rotatable bonds is 5. The van der Waals surface area contributed by atoms with Gasteiger partial charge in [0, 0.05) is 12.8 Å². The first-order valence-corrected chi connectivity index (χ1v) is 6.13. The molecule has 2 rings (SSSR count). The molecule has 3 nitrogen and oxygen atoms in total. The van der Waals surface area contributed by atoms with Crippen LogP contribution in [0.5, 0.6) is 0 Å². The summed E-state index contributed by atoms with van der Waals surface area (Å²) in [4.78, 5) is 15.1. The largest absolute Gasteiger partial charge is 0.478 e. The maximum absolute atomic E-state index is 10.7. The summed E-state index contributed by atoms with van der Waals surface area (Å²) >= 11 is 0. The predicted octanol–water partition coefficient (Wildman–Crippen LogP) is 3.05. The highest BCUT2D eigenvalue weighted by atomic mass is 16.4. The van der Waals surface area contributed by atoms with Crippen LogP contribution in [-0.4, -0.2) is 23.8 Å². The van der Waals surface area contributed by atoms with Gasteiger partial charge >= 0.3 is 5.97 Å². The van der Waals surface area contributed by atoms with Gasteiger partial charge in [-0.1, -0.05) is 42.5 Å². The van der Waals surface area contributed by atoms with Crippen LogP contribution in [0.2, 0.25) is 0 Å². The molecule has 0 aliphatic carbocycles. The molecule has 0 amide bonds. The number of hydrogen-bond donors (Lipinski definition) is 1. The molecule has 96 valence electrons. The van der Waals surface area contributed by atoms with Crippen molar-refractivity contribution in [2.24, 2.45) is 4.99 Å². The normalized spacial score (nSPS) is 10.7. The molecule has 0 aromatic heterocycles. The zero-order valence-electron chi connectivity index (χ0n) is 10.5. The van der Waals surface area contributed by atoms with Crippen molar-refractivity contribution in [3.63, 3.8) is 0 Å². The van der Waals surface area contributed by atoms with Gasteiger partial charge in [-0.15, -0.1) is 0 Å². The fourth-order valence-electron chi connectivity index (χ4n) is 1.72. The molecule has 0 fully saturated rings. The van der Waals surface area contributed by atoms with Crippen molar-refractivity contribution in [1.29, 1.82) is 0 Å². The molecule has 0 heterocycles. The number of aromatic carboxylic acids is 1. The lowest BCUT2D eigenvalue weighted by atomic mass is 10.1. The lowest BCUT2D eigenvalue weighted by Gasteiger charge is -1.99. The first-order valence-electron chi connectivity index (χ1n) is 6.13. The van der Waals surface area contributed by atoms with E-state index in [-0.39, 0.29) is 0 Å². The fourth-order valence-corrected chi connectivity index (χ4v) is 1.72. The number of hydrogen-bond acceptors (Lipinski definition) is 2. The van der Waals surface area contributed by atoms with Crippen LogP contribution < -0.4 is 0 Å². The van der Waals surface area contributed by atoms with Gasteiger partial charge in [0.25, 0.3) is 0 Å². The molecule has 0 aliphatic rings. The van der Waals surface area contributed by atoms with E-state index in [1.165, 1.54) is 0 Å². The molecule has 0 bridgehead atoms. The molecule has 0 atom stereocenters. The highest BCUT2D eigenvalue weighted by molar-refractivity contribution is 5.87. The van der Waals surface area contributed by atoms with E-state index in [1.54, 1.807) is 12.1 Å². The first kappa shape index (κ1) is 13.0. The molecule has 1 N–H and O–H groups in total. The molecular formula is C16H15NO2. The zero-order valence-corrected chi connectivity index (χ0v) is 10.5. The average molecular weight is 253 g/mol. The highest BCUT2D eigenvalue weighted by Gasteiger charge is 2.00. The van der Waals surface area contributed by atoms with Crippen molar-refractivity contribution in [3.8, 4) is 0 Å². The monoisotopic (exact) mass is 253 g/mol. The smallest absolute Gasteiger partial charge is 0.335 e. The van der Waals surface area contributed by atoms with E-state index in [1.807, 2.05) is 48.7 Å². The molecule has 19 heavy (non-hydrogen) atoms. The Kier molecular flexibility index (Phi) is 4.45. The second-order valence-corrected chi connectivity index (χ2v) is 4.20. The molecule has 2 aromatic rings. The SMILES string of the molecule is O=C(O)c1ccc(CCN=Cc2ccccc2)cc1. The Morgan fingerprint density at radius 2 is 1.74 bits per heavy atom. The van der Waals surface area contributed by atoms with E-state index in [2.05, 4.69) is 4.99 Å². The van der Waals surface area contributed by atoms with E-state index in [4.69, 9.17) is 5.11 Å². The van der Waals surface area contributed by atoms with Crippen LogP contribution in [0.1, 0.15) is 21.5 Å². The number of carbonyl (C=O) groups is 1. The van der Waals surface area contributed by atoms with Crippen molar-refractivity contribution in [3.05, 3.63) is 71.3 Å². The summed E-state index contributed by atoms with van der Waals surface area (Å²) in [7, 11) is 0. The van der Waals surface area contributed by atoms with Gasteiger partial charge < -0.3 is 5.11 Å². The molecule has 0 aliphatic heterocycles. The third kappa shape index (κ3) is 4.07. The van der Waals surface area contributed by atoms with Crippen LogP contribution in [0.3, 0.4) is 0 Å². The third-order valence-corrected chi connectivity index (χ3v) is 2.77. The molecule has 0 saturated heterocycles. The van der Waals surface area contributed by atoms with Gasteiger partial charge in [0.15, 0.2) is 0 Å². The van der Waals surface area contributed by atoms with Gasteiger partial charge in [-0.2, -0.15) is 0 Å². The van der Waals surface area contributed by atoms with Crippen LogP contribution in [0.4, 0.5) is 0 Å². The summed E-state index contributed by atoms with van der Waals surface area (Å²) in [6, 6.07) is 16.9. The minimum absolute atomic E-state index is 0.316. The topological polar surface area (TPSA) is 49.7 Å². The summed E-state index contributed by atoms with van der Waals surface area (Å²) in [6.45, 7) is 0.696. The minimum Gasteiger partial charge on any atom is -0.478 e. The fraction of sp³-hybridized carbons (Fsp3) is 0.125. The Morgan fingerprint density at radius 3 is 2.37 bits per heavy atom. The lowest BCUT2D eigenvalue weighted by Crippen LogP contribution is -1.97. The summed E-state index contributed by atoms with van der Waals surface area (Å²) in [5.74, 6) is -0.895. The number of nitrogens with zero attached hydrogens (tertiary/aromatic N) is 1. The molecule has 3 heteroatoms. The molecule has 0 spiro atoms. The Balaban J connectivity index is 1.86. The van der Waals surface area contributed by atoms with Crippen molar-refractivity contribution in [2.45, 2.75) is 6.42 Å². The maximum atomic E-state index is 10.7. The van der Waals surface area contributed by atoms with E-state index in [9.17, 15) is 4.79 Å². The van der Waals surface area contributed by atoms with E-state index in [0.29, 0.717) is 12.1 Å². The van der Waals surface area contributed by atoms with Crippen LogP contribution in [0, 0.1) is 0 Å². The van der Waals surface area contributed by atoms with Crippen molar-refractivity contribution >= 4 is 12.2 Å². The van der Waals surface area contributed by atoms with E-state index in [0.717, 1.165) is 17.5 Å². The molecule has 0 radical (unpaired) electrons. The van der Waals surface area contributed by atoms with Gasteiger partial charge in [-0.3, -0.25) is 4.99 Å². The van der Waals surface area contributed by atoms with Gasteiger partial charge in [-0.05, 0) is 29.7 Å². The molecule has 0 saturated carbocycles. The van der Waals surface area contributed by atoms with Crippen molar-refractivity contribution in [2.75, 3.05) is 6.54 Å². The summed E-state index contributed by atoms with van der Waals surface area (Å²) in [6.07, 6.45) is 2.66. The van der Waals surface area contributed by atoms with E-state index < -0.39 is 5.97 Å². The summed E-state index contributed by atoms with van der Waals surface area (Å²) in [5, 5.41) is 8.79.